The van der Waals surface area contributed by atoms with Gasteiger partial charge in [-0.05, 0) is 18.1 Å². The van der Waals surface area contributed by atoms with Crippen molar-refractivity contribution in [1.29, 1.82) is 0 Å². The zero-order chi connectivity index (χ0) is 13.4. The summed E-state index contributed by atoms with van der Waals surface area (Å²) in [6.07, 6.45) is 8.68. The van der Waals surface area contributed by atoms with Crippen LogP contribution in [0.1, 0.15) is 34.6 Å². The van der Waals surface area contributed by atoms with Crippen LogP contribution in [0.5, 0.6) is 0 Å². The lowest BCUT2D eigenvalue weighted by Gasteiger charge is -2.31. The second-order valence-corrected chi connectivity index (χ2v) is 6.72. The van der Waals surface area contributed by atoms with Gasteiger partial charge in [-0.2, -0.15) is 0 Å². The number of ether oxygens (including phenoxy) is 1. The van der Waals surface area contributed by atoms with Crippen molar-refractivity contribution in [2.24, 2.45) is 16.7 Å². The smallest absolute Gasteiger partial charge is 0.142 e. The Bertz CT molecular complexity index is 383. The van der Waals surface area contributed by atoms with Gasteiger partial charge >= 0.3 is 0 Å². The van der Waals surface area contributed by atoms with E-state index in [1.807, 2.05) is 0 Å². The van der Waals surface area contributed by atoms with Crippen molar-refractivity contribution in [3.8, 4) is 0 Å². The summed E-state index contributed by atoms with van der Waals surface area (Å²) in [4.78, 5) is 0. The van der Waals surface area contributed by atoms with Crippen LogP contribution in [-0.4, -0.2) is 13.2 Å². The molecule has 0 spiro atoms. The predicted molar refractivity (Wildman–Crippen MR) is 76.0 cm³/mol. The molecule has 0 saturated heterocycles. The van der Waals surface area contributed by atoms with Gasteiger partial charge in [0, 0.05) is 17.4 Å². The number of rotatable bonds is 1. The molecule has 0 amide bonds. The molecule has 1 aliphatic heterocycles. The average molecular weight is 247 g/mol. The molecule has 0 aromatic carbocycles. The predicted octanol–water partition coefficient (Wildman–Crippen LogP) is 3.63. The fraction of sp³-hybridized carbons (Fsp3) is 0.625. The van der Waals surface area contributed by atoms with E-state index in [2.05, 4.69) is 64.2 Å². The maximum absolute atomic E-state index is 6.04. The summed E-state index contributed by atoms with van der Waals surface area (Å²) in [5.41, 5.74) is 1.39. The third-order valence-corrected chi connectivity index (χ3v) is 4.24. The largest absolute Gasteiger partial charge is 0.491 e. The van der Waals surface area contributed by atoms with Gasteiger partial charge in [-0.15, -0.1) is 0 Å². The van der Waals surface area contributed by atoms with Crippen LogP contribution in [0.25, 0.3) is 0 Å². The summed E-state index contributed by atoms with van der Waals surface area (Å²) in [7, 11) is 0. The van der Waals surface area contributed by atoms with Gasteiger partial charge in [0.15, 0.2) is 0 Å². The van der Waals surface area contributed by atoms with Crippen molar-refractivity contribution < 1.29 is 4.74 Å². The van der Waals surface area contributed by atoms with Crippen LogP contribution in [0.15, 0.2) is 35.8 Å². The molecule has 2 heteroatoms. The van der Waals surface area contributed by atoms with E-state index in [0.717, 1.165) is 24.6 Å². The molecule has 2 aliphatic rings. The third-order valence-electron chi connectivity index (χ3n) is 4.24. The average Bonchev–Trinajstić information content (AvgIpc) is 2.53. The van der Waals surface area contributed by atoms with E-state index in [4.69, 9.17) is 4.74 Å². The third kappa shape index (κ3) is 2.63. The highest BCUT2D eigenvalue weighted by Gasteiger charge is 2.32. The summed E-state index contributed by atoms with van der Waals surface area (Å²) in [5, 5.41) is 3.55. The van der Waals surface area contributed by atoms with Gasteiger partial charge < -0.3 is 10.1 Å². The molecular formula is C16H25NO. The SMILES string of the molecule is CC(C)C1(C)CNC2=C(C=CC(C)(C)C=C2)OC1. The van der Waals surface area contributed by atoms with Gasteiger partial charge in [0.2, 0.25) is 0 Å². The van der Waals surface area contributed by atoms with E-state index in [0.29, 0.717) is 5.92 Å². The van der Waals surface area contributed by atoms with Crippen LogP contribution >= 0.6 is 0 Å². The molecule has 1 unspecified atom stereocenters. The molecule has 2 nitrogen and oxygen atoms in total. The lowest BCUT2D eigenvalue weighted by molar-refractivity contribution is 0.0821. The second-order valence-electron chi connectivity index (χ2n) is 6.72. The monoisotopic (exact) mass is 247 g/mol. The quantitative estimate of drug-likeness (QED) is 0.764. The highest BCUT2D eigenvalue weighted by Crippen LogP contribution is 2.32. The van der Waals surface area contributed by atoms with Crippen LogP contribution in [0.3, 0.4) is 0 Å². The zero-order valence-electron chi connectivity index (χ0n) is 12.2. The van der Waals surface area contributed by atoms with E-state index < -0.39 is 0 Å². The molecule has 18 heavy (non-hydrogen) atoms. The molecule has 1 N–H and O–H groups in total. The Kier molecular flexibility index (Phi) is 3.31. The van der Waals surface area contributed by atoms with E-state index in [1.54, 1.807) is 0 Å². The normalized spacial score (nSPS) is 30.3. The summed E-state index contributed by atoms with van der Waals surface area (Å²) in [6.45, 7) is 12.9. The Labute approximate surface area is 111 Å². The lowest BCUT2D eigenvalue weighted by atomic mass is 9.80. The second kappa shape index (κ2) is 4.49. The first kappa shape index (κ1) is 13.3. The first-order valence-electron chi connectivity index (χ1n) is 6.82. The van der Waals surface area contributed by atoms with Gasteiger partial charge in [-0.3, -0.25) is 0 Å². The highest BCUT2D eigenvalue weighted by molar-refractivity contribution is 5.35. The fourth-order valence-electron chi connectivity index (χ4n) is 2.05. The van der Waals surface area contributed by atoms with Crippen molar-refractivity contribution in [2.45, 2.75) is 34.6 Å². The standard InChI is InChI=1S/C16H25NO/c1-12(2)16(5)10-17-13-6-8-15(3,4)9-7-14(13)18-11-16/h6-9,12,17H,10-11H2,1-5H3. The Balaban J connectivity index is 2.21. The number of hydrogen-bond acceptors (Lipinski definition) is 2. The molecule has 0 aromatic heterocycles. The molecule has 0 saturated carbocycles. The highest BCUT2D eigenvalue weighted by atomic mass is 16.5. The van der Waals surface area contributed by atoms with Crippen LogP contribution in [-0.2, 0) is 4.74 Å². The molecule has 1 aliphatic carbocycles. The van der Waals surface area contributed by atoms with Crippen molar-refractivity contribution in [3.05, 3.63) is 35.8 Å². The van der Waals surface area contributed by atoms with Crippen LogP contribution in [0.4, 0.5) is 0 Å². The minimum atomic E-state index is 0.0958. The molecule has 0 bridgehead atoms. The molecular weight excluding hydrogens is 222 g/mol. The van der Waals surface area contributed by atoms with E-state index in [1.165, 1.54) is 0 Å². The number of nitrogens with one attached hydrogen (secondary N) is 1. The van der Waals surface area contributed by atoms with E-state index >= 15 is 0 Å². The Morgan fingerprint density at radius 2 is 1.83 bits per heavy atom. The Morgan fingerprint density at radius 1 is 1.17 bits per heavy atom. The molecule has 0 fully saturated rings. The van der Waals surface area contributed by atoms with Gasteiger partial charge in [0.25, 0.3) is 0 Å². The molecule has 1 heterocycles. The molecule has 0 radical (unpaired) electrons. The number of allylic oxidation sites excluding steroid dienone is 4. The molecule has 0 aromatic rings. The van der Waals surface area contributed by atoms with Crippen molar-refractivity contribution in [1.82, 2.24) is 5.32 Å². The molecule has 2 rings (SSSR count). The lowest BCUT2D eigenvalue weighted by Crippen LogP contribution is -2.37. The fourth-order valence-corrected chi connectivity index (χ4v) is 2.05. The van der Waals surface area contributed by atoms with Crippen LogP contribution in [0, 0.1) is 16.7 Å². The van der Waals surface area contributed by atoms with E-state index in [9.17, 15) is 0 Å². The Hall–Kier alpha value is -1.18. The van der Waals surface area contributed by atoms with Crippen molar-refractivity contribution >= 4 is 0 Å². The molecule has 100 valence electrons. The topological polar surface area (TPSA) is 21.3 Å². The summed E-state index contributed by atoms with van der Waals surface area (Å²) >= 11 is 0. The van der Waals surface area contributed by atoms with Crippen molar-refractivity contribution in [3.63, 3.8) is 0 Å². The summed E-state index contributed by atoms with van der Waals surface area (Å²) < 4.78 is 6.04. The maximum Gasteiger partial charge on any atom is 0.142 e. The minimum absolute atomic E-state index is 0.0958. The first-order valence-corrected chi connectivity index (χ1v) is 6.82. The maximum atomic E-state index is 6.04. The summed E-state index contributed by atoms with van der Waals surface area (Å²) in [5.74, 6) is 1.57. The summed E-state index contributed by atoms with van der Waals surface area (Å²) in [6, 6.07) is 0. The van der Waals surface area contributed by atoms with E-state index in [-0.39, 0.29) is 10.8 Å². The van der Waals surface area contributed by atoms with Crippen molar-refractivity contribution in [2.75, 3.05) is 13.2 Å². The molecule has 1 atom stereocenters. The zero-order valence-corrected chi connectivity index (χ0v) is 12.2. The van der Waals surface area contributed by atoms with Crippen LogP contribution < -0.4 is 5.32 Å². The van der Waals surface area contributed by atoms with Gasteiger partial charge in [0.05, 0.1) is 12.3 Å². The van der Waals surface area contributed by atoms with Crippen LogP contribution in [0.2, 0.25) is 0 Å². The number of hydrogen-bond donors (Lipinski definition) is 1. The van der Waals surface area contributed by atoms with Gasteiger partial charge in [-0.1, -0.05) is 46.8 Å². The first-order chi connectivity index (χ1) is 8.32. The Morgan fingerprint density at radius 3 is 2.50 bits per heavy atom. The van der Waals surface area contributed by atoms with Gasteiger partial charge in [-0.25, -0.2) is 0 Å². The van der Waals surface area contributed by atoms with Gasteiger partial charge in [0.1, 0.15) is 5.76 Å². The minimum Gasteiger partial charge on any atom is -0.491 e.